The number of morpholine rings is 1. The van der Waals surface area contributed by atoms with Gasteiger partial charge in [0.15, 0.2) is 0 Å². The van der Waals surface area contributed by atoms with Crippen LogP contribution >= 0.6 is 0 Å². The van der Waals surface area contributed by atoms with Gasteiger partial charge in [0.05, 0.1) is 25.5 Å². The van der Waals surface area contributed by atoms with Crippen molar-refractivity contribution in [2.45, 2.75) is 57.0 Å². The van der Waals surface area contributed by atoms with E-state index in [0.717, 1.165) is 68.7 Å². The maximum Gasteiger partial charge on any atom is 0.318 e. The Hall–Kier alpha value is -1.89. The summed E-state index contributed by atoms with van der Waals surface area (Å²) in [6.07, 6.45) is 10.6. The number of carbonyl (C=O) groups is 1. The summed E-state index contributed by atoms with van der Waals surface area (Å²) in [5.41, 5.74) is 2.26. The van der Waals surface area contributed by atoms with Crippen molar-refractivity contribution < 1.29 is 9.53 Å². The Balaban J connectivity index is 1.16. The highest BCUT2D eigenvalue weighted by Crippen LogP contribution is 2.55. The van der Waals surface area contributed by atoms with Gasteiger partial charge in [-0.1, -0.05) is 0 Å². The molecule has 1 aromatic heterocycles. The molecular weight excluding hydrogens is 366 g/mol. The first-order valence-electron chi connectivity index (χ1n) is 11.4. The van der Waals surface area contributed by atoms with Crippen LogP contribution in [0.2, 0.25) is 0 Å². The maximum absolute atomic E-state index is 13.2. The molecule has 0 spiro atoms. The highest BCUT2D eigenvalue weighted by Gasteiger charge is 2.51. The minimum atomic E-state index is 0.0662. The second kappa shape index (κ2) is 6.83. The van der Waals surface area contributed by atoms with Crippen LogP contribution in [0.3, 0.4) is 0 Å². The Morgan fingerprint density at radius 2 is 1.76 bits per heavy atom. The second-order valence-corrected chi connectivity index (χ2v) is 10.0. The zero-order chi connectivity index (χ0) is 19.4. The number of hydrogen-bond donors (Lipinski definition) is 1. The maximum atomic E-state index is 13.2. The number of nitrogens with one attached hydrogen (secondary N) is 1. The smallest absolute Gasteiger partial charge is 0.318 e. The van der Waals surface area contributed by atoms with Crippen LogP contribution in [0.5, 0.6) is 0 Å². The van der Waals surface area contributed by atoms with E-state index >= 15 is 0 Å². The van der Waals surface area contributed by atoms with Crippen LogP contribution in [0.15, 0.2) is 6.20 Å². The van der Waals surface area contributed by atoms with Crippen LogP contribution in [0.1, 0.15) is 49.8 Å². The summed E-state index contributed by atoms with van der Waals surface area (Å²) >= 11 is 0. The third-order valence-corrected chi connectivity index (χ3v) is 7.92. The van der Waals surface area contributed by atoms with Gasteiger partial charge < -0.3 is 19.9 Å². The number of rotatable bonds is 2. The molecule has 7 heteroatoms. The molecule has 0 atom stereocenters. The van der Waals surface area contributed by atoms with Crippen LogP contribution in [0.4, 0.5) is 10.7 Å². The zero-order valence-electron chi connectivity index (χ0n) is 17.1. The van der Waals surface area contributed by atoms with Crippen molar-refractivity contribution in [1.82, 2.24) is 20.2 Å². The van der Waals surface area contributed by atoms with E-state index in [1.165, 1.54) is 44.1 Å². The Labute approximate surface area is 172 Å². The number of nitrogens with zero attached hydrogens (tertiary/aromatic N) is 4. The molecule has 7 rings (SSSR count). The zero-order valence-corrected chi connectivity index (χ0v) is 17.1. The summed E-state index contributed by atoms with van der Waals surface area (Å²) in [4.78, 5) is 26.8. The van der Waals surface area contributed by atoms with Crippen molar-refractivity contribution in [3.05, 3.63) is 17.5 Å². The van der Waals surface area contributed by atoms with Gasteiger partial charge in [-0.25, -0.2) is 14.8 Å². The first-order valence-corrected chi connectivity index (χ1v) is 11.4. The van der Waals surface area contributed by atoms with E-state index < -0.39 is 0 Å². The SMILES string of the molecule is O=C(NC12CC3CC(CC(C3)C1)C2)N1CCc2cnc(N3CCOCC3)nc2C1. The molecule has 1 aromatic rings. The summed E-state index contributed by atoms with van der Waals surface area (Å²) in [5, 5.41) is 3.52. The number of aromatic nitrogens is 2. The molecule has 0 unspecified atom stereocenters. The minimum absolute atomic E-state index is 0.0662. The topological polar surface area (TPSA) is 70.6 Å². The van der Waals surface area contributed by atoms with E-state index in [2.05, 4.69) is 15.2 Å². The number of carbonyl (C=O) groups excluding carboxylic acids is 1. The third-order valence-electron chi connectivity index (χ3n) is 7.92. The third kappa shape index (κ3) is 3.27. The van der Waals surface area contributed by atoms with Crippen LogP contribution < -0.4 is 10.2 Å². The van der Waals surface area contributed by atoms with Gasteiger partial charge in [0.1, 0.15) is 0 Å². The number of urea groups is 1. The van der Waals surface area contributed by atoms with E-state index in [0.29, 0.717) is 6.54 Å². The monoisotopic (exact) mass is 397 g/mol. The van der Waals surface area contributed by atoms with E-state index in [-0.39, 0.29) is 11.6 Å². The average molecular weight is 398 g/mol. The van der Waals surface area contributed by atoms with Crippen molar-refractivity contribution in [2.24, 2.45) is 17.8 Å². The van der Waals surface area contributed by atoms with Gasteiger partial charge in [-0.05, 0) is 68.3 Å². The first kappa shape index (κ1) is 17.9. The molecule has 5 fully saturated rings. The normalized spacial score (nSPS) is 35.5. The van der Waals surface area contributed by atoms with Crippen molar-refractivity contribution in [1.29, 1.82) is 0 Å². The molecule has 4 saturated carbocycles. The Kier molecular flexibility index (Phi) is 4.22. The quantitative estimate of drug-likeness (QED) is 0.830. The first-order chi connectivity index (χ1) is 14.2. The van der Waals surface area contributed by atoms with E-state index in [9.17, 15) is 4.79 Å². The number of amides is 2. The Morgan fingerprint density at radius 3 is 2.45 bits per heavy atom. The molecule has 1 saturated heterocycles. The average Bonchev–Trinajstić information content (AvgIpc) is 2.72. The summed E-state index contributed by atoms with van der Waals surface area (Å²) in [6, 6.07) is 0.115. The number of hydrogen-bond acceptors (Lipinski definition) is 5. The fourth-order valence-electron chi connectivity index (χ4n) is 6.95. The van der Waals surface area contributed by atoms with Gasteiger partial charge in [0.25, 0.3) is 0 Å². The van der Waals surface area contributed by atoms with Gasteiger partial charge >= 0.3 is 6.03 Å². The molecule has 29 heavy (non-hydrogen) atoms. The molecule has 0 aromatic carbocycles. The number of ether oxygens (including phenoxy) is 1. The predicted molar refractivity (Wildman–Crippen MR) is 109 cm³/mol. The van der Waals surface area contributed by atoms with Gasteiger partial charge in [-0.3, -0.25) is 0 Å². The molecule has 3 heterocycles. The molecule has 7 nitrogen and oxygen atoms in total. The van der Waals surface area contributed by atoms with Crippen molar-refractivity contribution in [3.8, 4) is 0 Å². The van der Waals surface area contributed by atoms with E-state index in [4.69, 9.17) is 9.72 Å². The summed E-state index contributed by atoms with van der Waals surface area (Å²) in [7, 11) is 0. The predicted octanol–water partition coefficient (Wildman–Crippen LogP) is 2.35. The van der Waals surface area contributed by atoms with Gasteiger partial charge in [0.2, 0.25) is 5.95 Å². The molecule has 2 aliphatic heterocycles. The Morgan fingerprint density at radius 1 is 1.07 bits per heavy atom. The molecule has 0 radical (unpaired) electrons. The lowest BCUT2D eigenvalue weighted by atomic mass is 9.53. The summed E-state index contributed by atoms with van der Waals surface area (Å²) in [5.74, 6) is 3.29. The minimum Gasteiger partial charge on any atom is -0.378 e. The molecular formula is C22H31N5O2. The van der Waals surface area contributed by atoms with Crippen molar-refractivity contribution in [3.63, 3.8) is 0 Å². The largest absolute Gasteiger partial charge is 0.378 e. The Bertz CT molecular complexity index is 771. The van der Waals surface area contributed by atoms with Crippen molar-refractivity contribution >= 4 is 12.0 Å². The number of fused-ring (bicyclic) bond motifs is 1. The van der Waals surface area contributed by atoms with Gasteiger partial charge in [-0.2, -0.15) is 0 Å². The van der Waals surface area contributed by atoms with Crippen LogP contribution in [-0.2, 0) is 17.7 Å². The lowest BCUT2D eigenvalue weighted by Crippen LogP contribution is -2.62. The fraction of sp³-hybridized carbons (Fsp3) is 0.773. The molecule has 2 amide bonds. The summed E-state index contributed by atoms with van der Waals surface area (Å²) < 4.78 is 5.44. The standard InChI is InChI=1S/C22H31N5O2/c28-21(25-22-10-15-7-16(11-22)9-17(8-15)12-22)27-2-1-18-13-23-20(24-19(18)14-27)26-3-5-29-6-4-26/h13,15-17H,1-12,14H2,(H,25,28). The lowest BCUT2D eigenvalue weighted by Gasteiger charge is -2.57. The van der Waals surface area contributed by atoms with Gasteiger partial charge in [0, 0.05) is 31.4 Å². The van der Waals surface area contributed by atoms with E-state index in [1.54, 1.807) is 0 Å². The molecule has 1 N–H and O–H groups in total. The lowest BCUT2D eigenvalue weighted by molar-refractivity contribution is -0.0159. The van der Waals surface area contributed by atoms with Crippen LogP contribution in [0.25, 0.3) is 0 Å². The molecule has 156 valence electrons. The fourth-order valence-corrected chi connectivity index (χ4v) is 6.95. The van der Waals surface area contributed by atoms with Crippen LogP contribution in [0, 0.1) is 17.8 Å². The van der Waals surface area contributed by atoms with Crippen molar-refractivity contribution in [2.75, 3.05) is 37.7 Å². The summed E-state index contributed by atoms with van der Waals surface area (Å²) in [6.45, 7) is 4.45. The van der Waals surface area contributed by atoms with E-state index in [1.807, 2.05) is 11.1 Å². The van der Waals surface area contributed by atoms with Crippen LogP contribution in [-0.4, -0.2) is 59.3 Å². The molecule has 6 aliphatic rings. The van der Waals surface area contributed by atoms with Gasteiger partial charge in [-0.15, -0.1) is 0 Å². The second-order valence-electron chi connectivity index (χ2n) is 10.0. The molecule has 4 bridgehead atoms. The number of anilines is 1. The molecule has 4 aliphatic carbocycles. The highest BCUT2D eigenvalue weighted by atomic mass is 16.5. The highest BCUT2D eigenvalue weighted by molar-refractivity contribution is 5.75.